The first kappa shape index (κ1) is 21.7. The van der Waals surface area contributed by atoms with Crippen molar-refractivity contribution >= 4 is 40.8 Å². The molecular weight excluding hydrogens is 444 g/mol. The van der Waals surface area contributed by atoms with Gasteiger partial charge in [-0.3, -0.25) is 10.1 Å². The van der Waals surface area contributed by atoms with E-state index < -0.39 is 23.8 Å². The van der Waals surface area contributed by atoms with Crippen LogP contribution in [0.5, 0.6) is 0 Å². The molecule has 2 N–H and O–H groups in total. The number of anilines is 1. The SMILES string of the molecule is Cc1cc(C(F)(F)F)n(-c2ccc(NC(=O)NC(=O)c3ccc(Cl)c(Cl)c3)cc2)n1. The van der Waals surface area contributed by atoms with Gasteiger partial charge in [0.1, 0.15) is 5.69 Å². The predicted octanol–water partition coefficient (Wildman–Crippen LogP) is 5.47. The van der Waals surface area contributed by atoms with Crippen molar-refractivity contribution in [2.45, 2.75) is 13.1 Å². The number of aryl methyl sites for hydroxylation is 1. The fraction of sp³-hybridized carbons (Fsp3) is 0.105. The molecule has 0 aliphatic heterocycles. The molecule has 3 aromatic rings. The minimum atomic E-state index is -4.57. The number of aromatic nitrogens is 2. The van der Waals surface area contributed by atoms with E-state index in [1.807, 2.05) is 0 Å². The number of urea groups is 1. The van der Waals surface area contributed by atoms with Crippen LogP contribution in [0, 0.1) is 6.92 Å². The number of nitrogens with zero attached hydrogens (tertiary/aromatic N) is 2. The van der Waals surface area contributed by atoms with Crippen LogP contribution in [0.2, 0.25) is 10.0 Å². The summed E-state index contributed by atoms with van der Waals surface area (Å²) in [4.78, 5) is 24.1. The van der Waals surface area contributed by atoms with Crippen molar-refractivity contribution in [2.75, 3.05) is 5.32 Å². The second-order valence-electron chi connectivity index (χ2n) is 6.16. The van der Waals surface area contributed by atoms with Crippen molar-refractivity contribution in [2.24, 2.45) is 0 Å². The van der Waals surface area contributed by atoms with Crippen molar-refractivity contribution in [1.82, 2.24) is 15.1 Å². The lowest BCUT2D eigenvalue weighted by Gasteiger charge is -2.11. The van der Waals surface area contributed by atoms with Crippen molar-refractivity contribution < 1.29 is 22.8 Å². The van der Waals surface area contributed by atoms with Gasteiger partial charge in [0.05, 0.1) is 21.4 Å². The van der Waals surface area contributed by atoms with E-state index in [1.165, 1.54) is 49.4 Å². The molecular formula is C19H13Cl2F3N4O2. The molecule has 0 saturated heterocycles. The molecule has 0 saturated carbocycles. The van der Waals surface area contributed by atoms with Crippen LogP contribution in [0.4, 0.5) is 23.7 Å². The second-order valence-corrected chi connectivity index (χ2v) is 6.98. The van der Waals surface area contributed by atoms with Crippen LogP contribution < -0.4 is 10.6 Å². The summed E-state index contributed by atoms with van der Waals surface area (Å²) in [5.41, 5.74) is -0.150. The highest BCUT2D eigenvalue weighted by Gasteiger charge is 2.35. The summed E-state index contributed by atoms with van der Waals surface area (Å²) in [7, 11) is 0. The Morgan fingerprint density at radius 2 is 1.67 bits per heavy atom. The van der Waals surface area contributed by atoms with Crippen LogP contribution in [0.15, 0.2) is 48.5 Å². The standard InChI is InChI=1S/C19H13Cl2F3N4O2/c1-10-8-16(19(22,23)24)28(27-10)13-5-3-12(4-6-13)25-18(30)26-17(29)11-2-7-14(20)15(21)9-11/h2-9H,1H3,(H2,25,26,29,30). The van der Waals surface area contributed by atoms with Crippen LogP contribution >= 0.6 is 23.2 Å². The highest BCUT2D eigenvalue weighted by atomic mass is 35.5. The van der Waals surface area contributed by atoms with Gasteiger partial charge in [-0.05, 0) is 55.5 Å². The Morgan fingerprint density at radius 3 is 2.27 bits per heavy atom. The third kappa shape index (κ3) is 4.92. The summed E-state index contributed by atoms with van der Waals surface area (Å²) in [6.07, 6.45) is -4.57. The summed E-state index contributed by atoms with van der Waals surface area (Å²) in [5.74, 6) is -0.704. The van der Waals surface area contributed by atoms with Gasteiger partial charge in [-0.2, -0.15) is 18.3 Å². The van der Waals surface area contributed by atoms with Gasteiger partial charge in [-0.1, -0.05) is 23.2 Å². The third-order valence-electron chi connectivity index (χ3n) is 3.90. The Balaban J connectivity index is 1.69. The number of hydrogen-bond donors (Lipinski definition) is 2. The number of carbonyl (C=O) groups excluding carboxylic acids is 2. The number of halogens is 5. The van der Waals surface area contributed by atoms with Gasteiger partial charge in [0.25, 0.3) is 5.91 Å². The van der Waals surface area contributed by atoms with Crippen LogP contribution in [0.3, 0.4) is 0 Å². The molecule has 3 amide bonds. The van der Waals surface area contributed by atoms with Gasteiger partial charge >= 0.3 is 12.2 Å². The predicted molar refractivity (Wildman–Crippen MR) is 106 cm³/mol. The molecule has 30 heavy (non-hydrogen) atoms. The van der Waals surface area contributed by atoms with E-state index in [0.717, 1.165) is 10.7 Å². The quantitative estimate of drug-likeness (QED) is 0.548. The van der Waals surface area contributed by atoms with E-state index in [4.69, 9.17) is 23.2 Å². The van der Waals surface area contributed by atoms with E-state index in [-0.39, 0.29) is 32.7 Å². The summed E-state index contributed by atoms with van der Waals surface area (Å²) in [6.45, 7) is 1.46. The molecule has 0 fully saturated rings. The average Bonchev–Trinajstić information content (AvgIpc) is 3.06. The fourth-order valence-electron chi connectivity index (χ4n) is 2.56. The maximum Gasteiger partial charge on any atom is 0.433 e. The lowest BCUT2D eigenvalue weighted by molar-refractivity contribution is -0.142. The van der Waals surface area contributed by atoms with E-state index in [2.05, 4.69) is 15.7 Å². The zero-order valence-electron chi connectivity index (χ0n) is 15.2. The maximum atomic E-state index is 13.1. The maximum absolute atomic E-state index is 13.1. The zero-order chi connectivity index (χ0) is 22.1. The number of alkyl halides is 3. The molecule has 0 spiro atoms. The largest absolute Gasteiger partial charge is 0.433 e. The van der Waals surface area contributed by atoms with Crippen LogP contribution in [-0.4, -0.2) is 21.7 Å². The van der Waals surface area contributed by atoms with Crippen molar-refractivity contribution in [1.29, 1.82) is 0 Å². The molecule has 156 valence electrons. The number of carbonyl (C=O) groups is 2. The first-order valence-electron chi connectivity index (χ1n) is 8.36. The minimum Gasteiger partial charge on any atom is -0.308 e. The van der Waals surface area contributed by atoms with Gasteiger partial charge in [0.15, 0.2) is 0 Å². The molecule has 6 nitrogen and oxygen atoms in total. The molecule has 0 radical (unpaired) electrons. The molecule has 0 aliphatic carbocycles. The monoisotopic (exact) mass is 456 g/mol. The molecule has 0 unspecified atom stereocenters. The van der Waals surface area contributed by atoms with Gasteiger partial charge < -0.3 is 5.32 Å². The topological polar surface area (TPSA) is 76.0 Å². The second kappa shape index (κ2) is 8.37. The number of amides is 3. The van der Waals surface area contributed by atoms with Gasteiger partial charge in [-0.15, -0.1) is 0 Å². The summed E-state index contributed by atoms with van der Waals surface area (Å²) < 4.78 is 40.2. The fourth-order valence-corrected chi connectivity index (χ4v) is 2.86. The summed E-state index contributed by atoms with van der Waals surface area (Å²) in [6, 6.07) is 9.73. The Bertz CT molecular complexity index is 1110. The van der Waals surface area contributed by atoms with Crippen molar-refractivity contribution in [3.8, 4) is 5.69 Å². The number of rotatable bonds is 3. The Kier molecular flexibility index (Phi) is 6.04. The van der Waals surface area contributed by atoms with Gasteiger partial charge in [0, 0.05) is 11.3 Å². The van der Waals surface area contributed by atoms with Crippen LogP contribution in [-0.2, 0) is 6.18 Å². The molecule has 0 aliphatic rings. The third-order valence-corrected chi connectivity index (χ3v) is 4.64. The van der Waals surface area contributed by atoms with E-state index in [1.54, 1.807) is 0 Å². The number of imide groups is 1. The molecule has 1 aromatic heterocycles. The molecule has 1 heterocycles. The average molecular weight is 457 g/mol. The molecule has 2 aromatic carbocycles. The lowest BCUT2D eigenvalue weighted by atomic mass is 10.2. The highest BCUT2D eigenvalue weighted by Crippen LogP contribution is 2.31. The van der Waals surface area contributed by atoms with Gasteiger partial charge in [0.2, 0.25) is 0 Å². The number of hydrogen-bond acceptors (Lipinski definition) is 3. The normalized spacial score (nSPS) is 11.3. The molecule has 3 rings (SSSR count). The number of nitrogens with one attached hydrogen (secondary N) is 2. The van der Waals surface area contributed by atoms with E-state index in [0.29, 0.717) is 0 Å². The molecule has 11 heteroatoms. The van der Waals surface area contributed by atoms with Crippen molar-refractivity contribution in [3.05, 3.63) is 75.5 Å². The Morgan fingerprint density at radius 1 is 1.00 bits per heavy atom. The van der Waals surface area contributed by atoms with E-state index in [9.17, 15) is 22.8 Å². The first-order chi connectivity index (χ1) is 14.0. The molecule has 0 bridgehead atoms. The highest BCUT2D eigenvalue weighted by molar-refractivity contribution is 6.42. The minimum absolute atomic E-state index is 0.128. The van der Waals surface area contributed by atoms with Crippen molar-refractivity contribution in [3.63, 3.8) is 0 Å². The summed E-state index contributed by atoms with van der Waals surface area (Å²) in [5, 5.41) is 8.81. The Hall–Kier alpha value is -3.04. The summed E-state index contributed by atoms with van der Waals surface area (Å²) >= 11 is 11.6. The van der Waals surface area contributed by atoms with Crippen LogP contribution in [0.25, 0.3) is 5.69 Å². The zero-order valence-corrected chi connectivity index (χ0v) is 16.7. The lowest BCUT2D eigenvalue weighted by Crippen LogP contribution is -2.34. The van der Waals surface area contributed by atoms with Crippen LogP contribution in [0.1, 0.15) is 21.7 Å². The Labute approximate surface area is 178 Å². The molecule has 0 atom stereocenters. The van der Waals surface area contributed by atoms with E-state index >= 15 is 0 Å². The first-order valence-corrected chi connectivity index (χ1v) is 9.12. The smallest absolute Gasteiger partial charge is 0.308 e. The van der Waals surface area contributed by atoms with Gasteiger partial charge in [-0.25, -0.2) is 9.48 Å². The number of benzene rings is 2.